The number of ether oxygens (including phenoxy) is 8. The fraction of sp³-hybridized carbons (Fsp3) is 0.840. The summed E-state index contributed by atoms with van der Waals surface area (Å²) in [5.74, 6) is 0.101. The molecule has 0 aromatic heterocycles. The van der Waals surface area contributed by atoms with Crippen molar-refractivity contribution in [1.29, 1.82) is 16.4 Å². The van der Waals surface area contributed by atoms with E-state index in [2.05, 4.69) is 51.7 Å². The summed E-state index contributed by atoms with van der Waals surface area (Å²) in [4.78, 5) is 78.5. The summed E-state index contributed by atoms with van der Waals surface area (Å²) in [5.41, 5.74) is 6.01. The predicted octanol–water partition coefficient (Wildman–Crippen LogP) is 18.4. The van der Waals surface area contributed by atoms with Gasteiger partial charge in [0, 0.05) is 176 Å². The fourth-order valence-electron chi connectivity index (χ4n) is 14.5. The van der Waals surface area contributed by atoms with Gasteiger partial charge in [-0.1, -0.05) is 92.6 Å². The smallest absolute Gasteiger partial charge is 0.512 e. The zero-order chi connectivity index (χ0) is 107. The molecule has 0 unspecified atom stereocenters. The summed E-state index contributed by atoms with van der Waals surface area (Å²) in [5, 5.41) is 50.2. The molecule has 0 bridgehead atoms. The van der Waals surface area contributed by atoms with E-state index in [0.717, 1.165) is 136 Å². The number of aliphatic hydroxyl groups excluding tert-OH is 2. The first-order valence-electron chi connectivity index (χ1n) is 48.1. The Kier molecular flexibility index (Phi) is 95.7. The number of carbonyl (C=O) groups excluding carboxylic acids is 6. The van der Waals surface area contributed by atoms with E-state index < -0.39 is 113 Å². The van der Waals surface area contributed by atoms with Crippen molar-refractivity contribution in [1.82, 2.24) is 40.4 Å². The first-order chi connectivity index (χ1) is 64.4. The molecule has 0 atom stereocenters. The molecule has 860 valence electrons. The van der Waals surface area contributed by atoms with Crippen LogP contribution in [-0.2, 0) is 69.7 Å². The number of aliphatic hydroxyl groups is 2. The molecule has 47 heteroatoms. The van der Waals surface area contributed by atoms with Crippen LogP contribution < -0.4 is 51.2 Å². The van der Waals surface area contributed by atoms with Crippen LogP contribution in [0, 0.1) is 74.9 Å². The number of nitrogens with zero attached hydrogens (tertiary/aromatic N) is 8. The van der Waals surface area contributed by atoms with E-state index in [1.807, 2.05) is 129 Å². The van der Waals surface area contributed by atoms with Gasteiger partial charge >= 0.3 is 113 Å². The van der Waals surface area contributed by atoms with Crippen LogP contribution >= 0.6 is 34.6 Å². The molecule has 6 radical (unpaired) electrons. The van der Waals surface area contributed by atoms with E-state index in [0.29, 0.717) is 97.7 Å². The number of nitriles is 2. The maximum atomic E-state index is 12.2. The summed E-state index contributed by atoms with van der Waals surface area (Å²) >= 11 is -0.780. The van der Waals surface area contributed by atoms with Gasteiger partial charge in [-0.3, -0.25) is 0 Å². The molecule has 7 aliphatic heterocycles. The first-order valence-corrected chi connectivity index (χ1v) is 49.0. The molecule has 7 heterocycles. The number of amides is 5. The molecule has 28 nitrogen and oxygen atoms in total. The standard InChI is InChI=1S/C15H27F3N2O2.C14H25F3N2O3.C13H22N2O2.C13H23NO3.C11H18N2O2.C10H18F3NO.C9H12O.2C4H8O.C2H4F3N.CN.3CH4.CH3.Al.BH2I.B.ClH.Na.Pd.2H/c1-5-14(10-19-11-15(16,17)18)6-8-20(9-7-14)12(21)22-13(2,3)4;1-12(2,3)22-11(21)19-6-4-13(10-20,5-7-19)8-18-9-14(15,16)17;1-5-13(10-14)6-8-15(9-7-13)11(16)17-12(2,3)4;1-5-13(10-15)6-8-14(9-7-13)11(16)17-12(2,3)4;1-11(2,3)15-10(14)13-6-4-9(8-12)5-7-13;11-10(12,13)7-14-6-9(8-15)4-2-1-3-5-9;1-2-10-8-9-6-4-3-5-7-9;2*1-2-4-5-3-1;3-2(4,5)1-6;1-2;;;;;;1-2;;;;;;/h19H,5-11H2,1-4H3;18,20H,4-10H2,1-3H3;5-9H2,1-4H3;10H,5-9H2,1-4H3;9H,4-7H2,1-3H3;14-15H,1-8H2;3-7H,2,8H2,1H3;2*1-4H2;1,6H2;;3*1H4;1H3;;2H2;;1H;;;;/q;;;;;;;;;;-1;;;;-1;;;;;+1;;;/i;;;;;;;;;;;;;;;;2D;;;;;;. The number of alkyl halides is 12. The number of likely N-dealkylation sites (tertiary alicyclic amines) is 5. The van der Waals surface area contributed by atoms with Gasteiger partial charge in [0.05, 0.1) is 56.9 Å². The van der Waals surface area contributed by atoms with E-state index in [-0.39, 0.29) is 196 Å². The number of aldehydes is 1. The van der Waals surface area contributed by atoms with Crippen molar-refractivity contribution in [3.8, 4) is 12.1 Å². The quantitative estimate of drug-likeness (QED) is 0.0198. The average Bonchev–Trinajstić information content (AvgIpc) is 1.19. The Morgan fingerprint density at radius 3 is 0.993 bits per heavy atom. The van der Waals surface area contributed by atoms with Gasteiger partial charge in [0.1, 0.15) is 51.7 Å². The third kappa shape index (κ3) is 84.8. The normalized spacial score (nSPS) is 17.3. The molecule has 9 rings (SSSR count). The molecule has 5 amide bonds. The maximum Gasteiger partial charge on any atom is 1.00 e. The van der Waals surface area contributed by atoms with E-state index in [1.54, 1.807) is 40.4 Å². The van der Waals surface area contributed by atoms with Gasteiger partial charge in [-0.15, -0.1) is 12.4 Å². The van der Waals surface area contributed by atoms with Gasteiger partial charge in [-0.2, -0.15) is 63.2 Å². The van der Waals surface area contributed by atoms with Crippen molar-refractivity contribution < 1.29 is 180 Å². The Morgan fingerprint density at radius 2 is 0.769 bits per heavy atom. The van der Waals surface area contributed by atoms with Crippen molar-refractivity contribution in [3.63, 3.8) is 0 Å². The summed E-state index contributed by atoms with van der Waals surface area (Å²) in [6.45, 7) is 47.5. The minimum atomic E-state index is -4.27. The average molecular weight is 2380 g/mol. The van der Waals surface area contributed by atoms with Gasteiger partial charge in [0.25, 0.3) is 0 Å². The number of hydrogen-bond acceptors (Lipinski definition) is 23. The molecule has 147 heavy (non-hydrogen) atoms. The van der Waals surface area contributed by atoms with E-state index in [9.17, 15) is 91.7 Å². The van der Waals surface area contributed by atoms with Crippen molar-refractivity contribution in [2.45, 2.75) is 354 Å². The minimum Gasteiger partial charge on any atom is -0.512 e. The van der Waals surface area contributed by atoms with E-state index >= 15 is 0 Å². The molecule has 7 N–H and O–H groups in total. The Labute approximate surface area is 944 Å². The van der Waals surface area contributed by atoms with Crippen LogP contribution in [0.25, 0.3) is 0 Å². The van der Waals surface area contributed by atoms with E-state index in [4.69, 9.17) is 60.8 Å². The Balaban J connectivity index is -0.000000140. The van der Waals surface area contributed by atoms with Crippen LogP contribution in [0.4, 0.5) is 76.7 Å². The van der Waals surface area contributed by atoms with E-state index in [1.165, 1.54) is 36.1 Å². The van der Waals surface area contributed by atoms with Gasteiger partial charge in [0.2, 0.25) is 0 Å². The van der Waals surface area contributed by atoms with Crippen molar-refractivity contribution in [2.24, 2.45) is 38.7 Å². The number of nitrogens with two attached hydrogens (primary N) is 1. The molecule has 1 aliphatic carbocycles. The monoisotopic (exact) mass is 2380 g/mol. The van der Waals surface area contributed by atoms with Crippen LogP contribution in [-0.4, -0.2) is 314 Å². The molecular formula is C100H185AlB2ClF12IN12NaO16Pd-. The van der Waals surface area contributed by atoms with Crippen LogP contribution in [0.3, 0.4) is 0 Å². The third-order valence-electron chi connectivity index (χ3n) is 22.9. The predicted molar refractivity (Wildman–Crippen MR) is 566 cm³/mol. The largest absolute Gasteiger partial charge is 1.00 e. The summed E-state index contributed by atoms with van der Waals surface area (Å²) in [7, 11) is 0. The molecule has 1 aromatic carbocycles. The first kappa shape index (κ1) is 165. The zero-order valence-electron chi connectivity index (χ0n) is 90.9. The van der Waals surface area contributed by atoms with Gasteiger partial charge in [-0.25, -0.2) is 24.0 Å². The molecule has 7 saturated heterocycles. The molecule has 0 spiro atoms. The van der Waals surface area contributed by atoms with Crippen molar-refractivity contribution in [2.75, 3.05) is 158 Å². The second-order valence-electron chi connectivity index (χ2n) is 40.3. The fourth-order valence-corrected chi connectivity index (χ4v) is 14.5. The van der Waals surface area contributed by atoms with Gasteiger partial charge in [-0.05, 0) is 244 Å². The number of halogens is 14. The molecule has 1 saturated carbocycles. The van der Waals surface area contributed by atoms with Gasteiger partial charge in [0.15, 0.2) is 0 Å². The number of carbonyl (C=O) groups is 6. The number of nitrogens with one attached hydrogen (secondary N) is 3. The topological polar surface area (TPSA) is 366 Å². The van der Waals surface area contributed by atoms with Crippen LogP contribution in [0.1, 0.15) is 301 Å². The SMILES string of the molecule is C.C.C.C1CCOC1.C1CCOC1.CC(C)(C)OC(=O)N1CCC(C#N)CC1.CC(C)(C)OC(=O)N1CCC(CO)(CNCC(F)(F)F)CC1.CCC1(C#N)CCN(C(=O)OC(C)(C)C)CC1.CCC1(C=O)CCN(C(=O)OC(C)(C)C)CC1.CCC1(CNCC(F)(F)F)CCN(C(=O)OC(C)(C)C)CC1.CCOCc1ccccc1.Cl.NCC(F)(F)F.OCC1(CNCC(F)(F)F)CCCCC1.[2H][IH][B].[AlH2].[B].[C-]#N.[CH3-].[Na+].[Pd]. The summed E-state index contributed by atoms with van der Waals surface area (Å²) in [6.07, 6.45) is 1.83. The molecular weight excluding hydrogens is 2190 g/mol. The minimum absolute atomic E-state index is 0. The molecule has 1 aromatic rings. The Morgan fingerprint density at radius 1 is 0.497 bits per heavy atom. The maximum absolute atomic E-state index is 12.2. The summed E-state index contributed by atoms with van der Waals surface area (Å²) in [6, 6.07) is 14.8. The second-order valence-corrected chi connectivity index (χ2v) is 40.3. The number of rotatable bonds is 18. The summed E-state index contributed by atoms with van der Waals surface area (Å²) < 4.78 is 189. The van der Waals surface area contributed by atoms with Crippen LogP contribution in [0.2, 0.25) is 0 Å². The number of hydrogen-bond donors (Lipinski definition) is 6. The van der Waals surface area contributed by atoms with Crippen molar-refractivity contribution in [3.05, 3.63) is 49.9 Å². The Hall–Kier alpha value is -4.15. The second kappa shape index (κ2) is 85.1. The number of piperidine rings is 5. The Bertz CT molecular complexity index is 3500. The molecule has 8 aliphatic rings. The molecule has 8 fully saturated rings. The van der Waals surface area contributed by atoms with Gasteiger partial charge < -0.3 is 118 Å². The third-order valence-corrected chi connectivity index (χ3v) is 22.9. The van der Waals surface area contributed by atoms with Crippen LogP contribution in [0.15, 0.2) is 30.3 Å². The van der Waals surface area contributed by atoms with Crippen molar-refractivity contribution >= 4 is 103 Å². The zero-order valence-corrected chi connectivity index (χ0v) is 98.6. The number of benzene rings is 1. The van der Waals surface area contributed by atoms with Crippen LogP contribution in [0.5, 0.6) is 0 Å².